The summed E-state index contributed by atoms with van der Waals surface area (Å²) in [6.45, 7) is 0. The van der Waals surface area contributed by atoms with E-state index in [-0.39, 0.29) is 4.90 Å². The molecule has 2 aromatic carbocycles. The molecule has 0 aromatic heterocycles. The lowest BCUT2D eigenvalue weighted by Gasteiger charge is -2.20. The van der Waals surface area contributed by atoms with Gasteiger partial charge in [0.25, 0.3) is 10.0 Å². The van der Waals surface area contributed by atoms with Crippen molar-refractivity contribution in [2.24, 2.45) is 0 Å². The van der Waals surface area contributed by atoms with Crippen molar-refractivity contribution < 1.29 is 13.2 Å². The number of anilines is 1. The second kappa shape index (κ2) is 5.32. The molecule has 0 fully saturated rings. The van der Waals surface area contributed by atoms with Gasteiger partial charge in [0.1, 0.15) is 10.6 Å². The lowest BCUT2D eigenvalue weighted by molar-refractivity contribution is 0.402. The summed E-state index contributed by atoms with van der Waals surface area (Å²) in [5.41, 5.74) is 0.605. The van der Waals surface area contributed by atoms with Gasteiger partial charge in [-0.1, -0.05) is 30.3 Å². The van der Waals surface area contributed by atoms with Gasteiger partial charge in [-0.3, -0.25) is 4.31 Å². The molecule has 0 unspecified atom stereocenters. The average molecular weight is 277 g/mol. The van der Waals surface area contributed by atoms with Crippen LogP contribution in [0.3, 0.4) is 0 Å². The lowest BCUT2D eigenvalue weighted by Crippen LogP contribution is -2.26. The highest BCUT2D eigenvalue weighted by Crippen LogP contribution is 2.28. The fourth-order valence-corrected chi connectivity index (χ4v) is 3.11. The molecule has 0 atom stereocenters. The first-order valence-electron chi connectivity index (χ1n) is 5.74. The summed E-state index contributed by atoms with van der Waals surface area (Å²) in [5, 5.41) is 0. The van der Waals surface area contributed by atoms with Crippen LogP contribution in [0.4, 0.5) is 5.69 Å². The monoisotopic (exact) mass is 277 g/mol. The molecule has 0 aliphatic rings. The first kappa shape index (κ1) is 13.4. The van der Waals surface area contributed by atoms with Crippen molar-refractivity contribution in [3.8, 4) is 5.75 Å². The summed E-state index contributed by atoms with van der Waals surface area (Å²) < 4.78 is 31.5. The Bertz CT molecular complexity index is 653. The van der Waals surface area contributed by atoms with Crippen molar-refractivity contribution in [1.82, 2.24) is 0 Å². The Kier molecular flexibility index (Phi) is 3.76. The molecule has 0 heterocycles. The molecule has 4 nitrogen and oxygen atoms in total. The number of para-hydroxylation sites is 2. The molecule has 0 spiro atoms. The van der Waals surface area contributed by atoms with Crippen LogP contribution >= 0.6 is 0 Å². The van der Waals surface area contributed by atoms with Gasteiger partial charge in [0, 0.05) is 7.05 Å². The molecule has 0 amide bonds. The van der Waals surface area contributed by atoms with Crippen LogP contribution in [0, 0.1) is 0 Å². The SMILES string of the molecule is COc1ccccc1S(=O)(=O)N(C)c1ccccc1. The number of benzene rings is 2. The van der Waals surface area contributed by atoms with Gasteiger partial charge in [0.2, 0.25) is 0 Å². The molecule has 0 radical (unpaired) electrons. The number of hydrogen-bond donors (Lipinski definition) is 0. The van der Waals surface area contributed by atoms with E-state index in [1.165, 1.54) is 24.5 Å². The van der Waals surface area contributed by atoms with Crippen LogP contribution in [0.1, 0.15) is 0 Å². The molecule has 100 valence electrons. The Balaban J connectivity index is 2.48. The van der Waals surface area contributed by atoms with E-state index >= 15 is 0 Å². The molecule has 0 saturated carbocycles. The molecule has 19 heavy (non-hydrogen) atoms. The van der Waals surface area contributed by atoms with Crippen LogP contribution < -0.4 is 9.04 Å². The predicted octanol–water partition coefficient (Wildman–Crippen LogP) is 2.52. The van der Waals surface area contributed by atoms with Gasteiger partial charge >= 0.3 is 0 Å². The Morgan fingerprint density at radius 2 is 1.53 bits per heavy atom. The highest BCUT2D eigenvalue weighted by molar-refractivity contribution is 7.92. The van der Waals surface area contributed by atoms with Gasteiger partial charge in [0.15, 0.2) is 0 Å². The Morgan fingerprint density at radius 3 is 2.16 bits per heavy atom. The van der Waals surface area contributed by atoms with Crippen LogP contribution in [0.15, 0.2) is 59.5 Å². The molecule has 0 bridgehead atoms. The highest BCUT2D eigenvalue weighted by atomic mass is 32.2. The minimum absolute atomic E-state index is 0.156. The first-order chi connectivity index (χ1) is 9.07. The molecule has 0 saturated heterocycles. The Hall–Kier alpha value is -2.01. The third kappa shape index (κ3) is 2.56. The lowest BCUT2D eigenvalue weighted by atomic mass is 10.3. The van der Waals surface area contributed by atoms with Crippen molar-refractivity contribution in [3.05, 3.63) is 54.6 Å². The van der Waals surface area contributed by atoms with E-state index in [0.717, 1.165) is 0 Å². The summed E-state index contributed by atoms with van der Waals surface area (Å²) in [7, 11) is -0.646. The first-order valence-corrected chi connectivity index (χ1v) is 7.18. The zero-order chi connectivity index (χ0) is 13.9. The van der Waals surface area contributed by atoms with Crippen LogP contribution in [-0.2, 0) is 10.0 Å². The molecule has 0 aliphatic carbocycles. The van der Waals surface area contributed by atoms with E-state index < -0.39 is 10.0 Å². The number of hydrogen-bond acceptors (Lipinski definition) is 3. The van der Waals surface area contributed by atoms with E-state index in [0.29, 0.717) is 11.4 Å². The van der Waals surface area contributed by atoms with Crippen molar-refractivity contribution >= 4 is 15.7 Å². The molecule has 0 N–H and O–H groups in total. The topological polar surface area (TPSA) is 46.6 Å². The van der Waals surface area contributed by atoms with E-state index in [4.69, 9.17) is 4.74 Å². The largest absolute Gasteiger partial charge is 0.495 e. The molecule has 5 heteroatoms. The molecule has 2 aromatic rings. The second-order valence-corrected chi connectivity index (χ2v) is 5.90. The van der Waals surface area contributed by atoms with E-state index in [1.54, 1.807) is 42.5 Å². The van der Waals surface area contributed by atoms with Crippen LogP contribution in [0.2, 0.25) is 0 Å². The van der Waals surface area contributed by atoms with Crippen molar-refractivity contribution in [2.75, 3.05) is 18.5 Å². The summed E-state index contributed by atoms with van der Waals surface area (Å²) in [6.07, 6.45) is 0. The fourth-order valence-electron chi connectivity index (χ4n) is 1.76. The molecule has 2 rings (SSSR count). The predicted molar refractivity (Wildman–Crippen MR) is 75.0 cm³/mol. The molecular weight excluding hydrogens is 262 g/mol. The number of nitrogens with zero attached hydrogens (tertiary/aromatic N) is 1. The quantitative estimate of drug-likeness (QED) is 0.862. The Labute approximate surface area is 113 Å². The van der Waals surface area contributed by atoms with Gasteiger partial charge < -0.3 is 4.74 Å². The summed E-state index contributed by atoms with van der Waals surface area (Å²) in [6, 6.07) is 15.5. The van der Waals surface area contributed by atoms with Gasteiger partial charge in [-0.2, -0.15) is 0 Å². The van der Waals surface area contributed by atoms with Gasteiger partial charge in [-0.25, -0.2) is 8.42 Å². The van der Waals surface area contributed by atoms with E-state index in [1.807, 2.05) is 6.07 Å². The number of sulfonamides is 1. The van der Waals surface area contributed by atoms with Crippen molar-refractivity contribution in [3.63, 3.8) is 0 Å². The van der Waals surface area contributed by atoms with Gasteiger partial charge in [-0.15, -0.1) is 0 Å². The van der Waals surface area contributed by atoms with Crippen LogP contribution in [-0.4, -0.2) is 22.6 Å². The smallest absolute Gasteiger partial charge is 0.267 e. The van der Waals surface area contributed by atoms with Crippen LogP contribution in [0.25, 0.3) is 0 Å². The summed E-state index contributed by atoms with van der Waals surface area (Å²) >= 11 is 0. The standard InChI is InChI=1S/C14H15NO3S/c1-15(12-8-4-3-5-9-12)19(16,17)14-11-7-6-10-13(14)18-2/h3-11H,1-2H3. The van der Waals surface area contributed by atoms with E-state index in [2.05, 4.69) is 0 Å². The maximum Gasteiger partial charge on any atom is 0.267 e. The zero-order valence-electron chi connectivity index (χ0n) is 10.8. The number of methoxy groups -OCH3 is 1. The zero-order valence-corrected chi connectivity index (χ0v) is 11.6. The average Bonchev–Trinajstić information content (AvgIpc) is 2.47. The number of rotatable bonds is 4. The minimum atomic E-state index is -3.63. The summed E-state index contributed by atoms with van der Waals surface area (Å²) in [4.78, 5) is 0.156. The minimum Gasteiger partial charge on any atom is -0.495 e. The fraction of sp³-hybridized carbons (Fsp3) is 0.143. The number of ether oxygens (including phenoxy) is 1. The molecular formula is C14H15NO3S. The van der Waals surface area contributed by atoms with Crippen molar-refractivity contribution in [1.29, 1.82) is 0 Å². The third-order valence-corrected chi connectivity index (χ3v) is 4.65. The van der Waals surface area contributed by atoms with Crippen LogP contribution in [0.5, 0.6) is 5.75 Å². The summed E-state index contributed by atoms with van der Waals surface area (Å²) in [5.74, 6) is 0.338. The maximum absolute atomic E-state index is 12.6. The van der Waals surface area contributed by atoms with Gasteiger partial charge in [-0.05, 0) is 24.3 Å². The maximum atomic E-state index is 12.6. The molecule has 0 aliphatic heterocycles. The van der Waals surface area contributed by atoms with Crippen molar-refractivity contribution in [2.45, 2.75) is 4.90 Å². The highest BCUT2D eigenvalue weighted by Gasteiger charge is 2.24. The second-order valence-electron chi connectivity index (χ2n) is 3.96. The normalized spacial score (nSPS) is 11.1. The third-order valence-electron chi connectivity index (χ3n) is 2.83. The Morgan fingerprint density at radius 1 is 0.947 bits per heavy atom. The van der Waals surface area contributed by atoms with Gasteiger partial charge in [0.05, 0.1) is 12.8 Å². The van der Waals surface area contributed by atoms with E-state index in [9.17, 15) is 8.42 Å².